The van der Waals surface area contributed by atoms with E-state index >= 15 is 0 Å². The maximum atomic E-state index is 12.1. The molecule has 0 spiro atoms. The van der Waals surface area contributed by atoms with E-state index in [0.717, 1.165) is 12.0 Å². The van der Waals surface area contributed by atoms with Crippen molar-refractivity contribution in [2.75, 3.05) is 13.2 Å². The maximum Gasteiger partial charge on any atom is 0.353 e. The number of fused-ring (bicyclic) bond motifs is 1. The van der Waals surface area contributed by atoms with Crippen molar-refractivity contribution in [2.45, 2.75) is 24.8 Å². The van der Waals surface area contributed by atoms with Crippen molar-refractivity contribution in [3.05, 3.63) is 40.4 Å². The van der Waals surface area contributed by atoms with Crippen LogP contribution in [0.3, 0.4) is 0 Å². The number of aliphatic hydroxyl groups excluding tert-OH is 1. The molecule has 134 valence electrons. The SMILES string of the molecule is C[C@@H](O)[C@H]1C(=O)N2C(C(=O)O)=C(COc3ccc(CCN)cc3)S[C@H]12. The van der Waals surface area contributed by atoms with Crippen LogP contribution in [0.15, 0.2) is 34.9 Å². The van der Waals surface area contributed by atoms with Crippen LogP contribution in [0.2, 0.25) is 0 Å². The fraction of sp³-hybridized carbons (Fsp3) is 0.412. The summed E-state index contributed by atoms with van der Waals surface area (Å²) >= 11 is 1.27. The molecule has 7 nitrogen and oxygen atoms in total. The molecule has 25 heavy (non-hydrogen) atoms. The average Bonchev–Trinajstić information content (AvgIpc) is 2.88. The van der Waals surface area contributed by atoms with Crippen molar-refractivity contribution < 1.29 is 24.5 Å². The van der Waals surface area contributed by atoms with Gasteiger partial charge in [-0.25, -0.2) is 4.79 Å². The summed E-state index contributed by atoms with van der Waals surface area (Å²) < 4.78 is 5.69. The Balaban J connectivity index is 1.71. The van der Waals surface area contributed by atoms with Gasteiger partial charge in [-0.05, 0) is 37.6 Å². The van der Waals surface area contributed by atoms with Gasteiger partial charge in [-0.3, -0.25) is 9.69 Å². The fourth-order valence-corrected chi connectivity index (χ4v) is 4.54. The lowest BCUT2D eigenvalue weighted by Crippen LogP contribution is -2.60. The van der Waals surface area contributed by atoms with Crippen LogP contribution in [0.5, 0.6) is 5.75 Å². The Morgan fingerprint density at radius 2 is 2.08 bits per heavy atom. The number of nitrogens with zero attached hydrogens (tertiary/aromatic N) is 1. The molecule has 2 aliphatic heterocycles. The van der Waals surface area contributed by atoms with Gasteiger partial charge in [0, 0.05) is 0 Å². The Hall–Kier alpha value is -2.03. The molecule has 0 unspecified atom stereocenters. The minimum Gasteiger partial charge on any atom is -0.488 e. The van der Waals surface area contributed by atoms with E-state index in [1.54, 1.807) is 0 Å². The number of carbonyl (C=O) groups excluding carboxylic acids is 1. The Bertz CT molecular complexity index is 716. The van der Waals surface area contributed by atoms with Crippen LogP contribution >= 0.6 is 11.8 Å². The van der Waals surface area contributed by atoms with E-state index in [1.807, 2.05) is 24.3 Å². The molecule has 1 aromatic carbocycles. The van der Waals surface area contributed by atoms with Gasteiger partial charge in [0.2, 0.25) is 5.91 Å². The molecular formula is C17H20N2O5S. The molecule has 0 aromatic heterocycles. The number of β-lactam (4-membered cyclic amide) rings is 1. The Morgan fingerprint density at radius 1 is 1.40 bits per heavy atom. The Labute approximate surface area is 149 Å². The second-order valence-corrected chi connectivity index (χ2v) is 7.24. The molecule has 3 rings (SSSR count). The van der Waals surface area contributed by atoms with Gasteiger partial charge >= 0.3 is 5.97 Å². The third kappa shape index (κ3) is 3.24. The predicted octanol–water partition coefficient (Wildman–Crippen LogP) is 0.775. The molecule has 1 saturated heterocycles. The highest BCUT2D eigenvalue weighted by molar-refractivity contribution is 8.04. The zero-order chi connectivity index (χ0) is 18.1. The first-order valence-corrected chi connectivity index (χ1v) is 8.88. The topological polar surface area (TPSA) is 113 Å². The molecule has 0 saturated carbocycles. The lowest BCUT2D eigenvalue weighted by molar-refractivity contribution is -0.156. The quantitative estimate of drug-likeness (QED) is 0.613. The van der Waals surface area contributed by atoms with Gasteiger partial charge in [0.1, 0.15) is 23.4 Å². The highest BCUT2D eigenvalue weighted by atomic mass is 32.2. The number of carboxylic acid groups (broad SMARTS) is 1. The molecular weight excluding hydrogens is 344 g/mol. The zero-order valence-corrected chi connectivity index (χ0v) is 14.5. The first kappa shape index (κ1) is 17.8. The van der Waals surface area contributed by atoms with Gasteiger partial charge in [0.25, 0.3) is 0 Å². The summed E-state index contributed by atoms with van der Waals surface area (Å²) in [5, 5.41) is 18.8. The van der Waals surface area contributed by atoms with Crippen molar-refractivity contribution in [3.8, 4) is 5.75 Å². The number of nitrogens with two attached hydrogens (primary N) is 1. The highest BCUT2D eigenvalue weighted by Crippen LogP contribution is 2.50. The number of hydrogen-bond donors (Lipinski definition) is 3. The number of hydrogen-bond acceptors (Lipinski definition) is 6. The number of rotatable bonds is 7. The van der Waals surface area contributed by atoms with Gasteiger partial charge in [-0.15, -0.1) is 0 Å². The smallest absolute Gasteiger partial charge is 0.353 e. The largest absolute Gasteiger partial charge is 0.488 e. The lowest BCUT2D eigenvalue weighted by Gasteiger charge is -2.43. The second-order valence-electron chi connectivity index (χ2n) is 6.03. The normalized spacial score (nSPS) is 23.3. The summed E-state index contributed by atoms with van der Waals surface area (Å²) in [6.45, 7) is 2.18. The summed E-state index contributed by atoms with van der Waals surface area (Å²) in [5.74, 6) is -1.48. The average molecular weight is 364 g/mol. The maximum absolute atomic E-state index is 12.1. The van der Waals surface area contributed by atoms with Gasteiger partial charge in [0.05, 0.1) is 16.9 Å². The highest BCUT2D eigenvalue weighted by Gasteiger charge is 2.57. The van der Waals surface area contributed by atoms with E-state index in [0.29, 0.717) is 17.2 Å². The Kier molecular flexibility index (Phi) is 5.03. The molecule has 1 amide bonds. The fourth-order valence-electron chi connectivity index (χ4n) is 3.02. The van der Waals surface area contributed by atoms with Crippen molar-refractivity contribution in [2.24, 2.45) is 11.7 Å². The summed E-state index contributed by atoms with van der Waals surface area (Å²) in [4.78, 5) is 25.4. The molecule has 8 heteroatoms. The lowest BCUT2D eigenvalue weighted by atomic mass is 9.92. The van der Waals surface area contributed by atoms with Gasteiger partial charge in [-0.2, -0.15) is 0 Å². The molecule has 3 atom stereocenters. The molecule has 1 fully saturated rings. The molecule has 2 heterocycles. The van der Waals surface area contributed by atoms with Crippen molar-refractivity contribution >= 4 is 23.6 Å². The number of carboxylic acids is 1. The number of aliphatic carboxylic acids is 1. The molecule has 0 radical (unpaired) electrons. The van der Waals surface area contributed by atoms with Crippen LogP contribution in [0.1, 0.15) is 12.5 Å². The van der Waals surface area contributed by atoms with E-state index in [9.17, 15) is 19.8 Å². The van der Waals surface area contributed by atoms with Crippen molar-refractivity contribution in [3.63, 3.8) is 0 Å². The summed E-state index contributed by atoms with van der Waals surface area (Å²) in [5.41, 5.74) is 6.57. The number of ether oxygens (including phenoxy) is 1. The van der Waals surface area contributed by atoms with Crippen LogP contribution in [-0.2, 0) is 16.0 Å². The molecule has 2 aliphatic rings. The molecule has 0 bridgehead atoms. The van der Waals surface area contributed by atoms with Gasteiger partial charge in [-0.1, -0.05) is 23.9 Å². The molecule has 1 aromatic rings. The summed E-state index contributed by atoms with van der Waals surface area (Å²) in [6.07, 6.45) is -0.0316. The van der Waals surface area contributed by atoms with Gasteiger partial charge < -0.3 is 20.7 Å². The van der Waals surface area contributed by atoms with Crippen molar-refractivity contribution in [1.82, 2.24) is 4.90 Å². The van der Waals surface area contributed by atoms with Crippen LogP contribution in [0.4, 0.5) is 0 Å². The molecule has 4 N–H and O–H groups in total. The van der Waals surface area contributed by atoms with E-state index in [2.05, 4.69) is 0 Å². The number of aliphatic hydroxyl groups is 1. The molecule has 0 aliphatic carbocycles. The van der Waals surface area contributed by atoms with Gasteiger partial charge in [0.15, 0.2) is 0 Å². The minimum absolute atomic E-state index is 0.0448. The Morgan fingerprint density at radius 3 is 2.64 bits per heavy atom. The van der Waals surface area contributed by atoms with Crippen LogP contribution in [0.25, 0.3) is 0 Å². The van der Waals surface area contributed by atoms with E-state index < -0.39 is 18.0 Å². The number of thioether (sulfide) groups is 1. The summed E-state index contributed by atoms with van der Waals surface area (Å²) in [7, 11) is 0. The standard InChI is InChI=1S/C17H20N2O5S/c1-9(20)13-15(21)19-14(17(22)23)12(25-16(13)19)8-24-11-4-2-10(3-5-11)6-7-18/h2-5,9,13,16,20H,6-8,18H2,1H3,(H,22,23)/t9-,13+,16-/m1/s1. The second kappa shape index (κ2) is 7.07. The van der Waals surface area contributed by atoms with E-state index in [1.165, 1.54) is 23.6 Å². The zero-order valence-electron chi connectivity index (χ0n) is 13.7. The van der Waals surface area contributed by atoms with Crippen LogP contribution < -0.4 is 10.5 Å². The number of carbonyl (C=O) groups is 2. The van der Waals surface area contributed by atoms with Crippen LogP contribution in [-0.4, -0.2) is 51.6 Å². The summed E-state index contributed by atoms with van der Waals surface area (Å²) in [6, 6.07) is 7.45. The van der Waals surface area contributed by atoms with Crippen molar-refractivity contribution in [1.29, 1.82) is 0 Å². The third-order valence-corrected chi connectivity index (χ3v) is 5.64. The first-order valence-electron chi connectivity index (χ1n) is 8.00. The number of amides is 1. The van der Waals surface area contributed by atoms with E-state index in [-0.39, 0.29) is 23.6 Å². The first-order chi connectivity index (χ1) is 11.9. The van der Waals surface area contributed by atoms with Crippen LogP contribution in [0, 0.1) is 5.92 Å². The predicted molar refractivity (Wildman–Crippen MR) is 92.8 cm³/mol. The van der Waals surface area contributed by atoms with E-state index in [4.69, 9.17) is 10.5 Å². The monoisotopic (exact) mass is 364 g/mol. The third-order valence-electron chi connectivity index (χ3n) is 4.30. The minimum atomic E-state index is -1.16. The number of benzene rings is 1.